The van der Waals surface area contributed by atoms with Crippen LogP contribution < -0.4 is 4.74 Å². The van der Waals surface area contributed by atoms with E-state index in [4.69, 9.17) is 9.73 Å². The van der Waals surface area contributed by atoms with Crippen LogP contribution in [-0.2, 0) is 0 Å². The molecular weight excluding hydrogens is 280 g/mol. The van der Waals surface area contributed by atoms with Crippen molar-refractivity contribution in [1.29, 1.82) is 0 Å². The fourth-order valence-corrected chi connectivity index (χ4v) is 4.77. The van der Waals surface area contributed by atoms with Crippen molar-refractivity contribution in [3.8, 4) is 5.75 Å². The normalized spacial score (nSPS) is 27.5. The smallest absolute Gasteiger partial charge is 0.169 e. The van der Waals surface area contributed by atoms with Crippen LogP contribution in [0.1, 0.15) is 38.2 Å². The number of nitrogens with zero attached hydrogens (tertiary/aromatic N) is 2. The zero-order valence-corrected chi connectivity index (χ0v) is 13.3. The lowest BCUT2D eigenvalue weighted by atomic mass is 9.90. The summed E-state index contributed by atoms with van der Waals surface area (Å²) in [6.45, 7) is 2.21. The molecule has 0 unspecified atom stereocenters. The molecule has 1 saturated carbocycles. The van der Waals surface area contributed by atoms with E-state index in [-0.39, 0.29) is 0 Å². The fourth-order valence-electron chi connectivity index (χ4n) is 3.67. The molecule has 1 fully saturated rings. The molecule has 0 bridgehead atoms. The fraction of sp³-hybridized carbons (Fsp3) is 0.471. The SMILES string of the molecule is COc1ccc(C2=C(C)SC3=N[C@H]4CCCC[C@H]4N32)cc1. The molecule has 4 heteroatoms. The van der Waals surface area contributed by atoms with Crippen LogP contribution in [0.3, 0.4) is 0 Å². The minimum Gasteiger partial charge on any atom is -0.497 e. The second-order valence-electron chi connectivity index (χ2n) is 5.94. The predicted molar refractivity (Wildman–Crippen MR) is 88.5 cm³/mol. The molecular formula is C17H20N2OS. The Morgan fingerprint density at radius 2 is 1.95 bits per heavy atom. The van der Waals surface area contributed by atoms with Gasteiger partial charge >= 0.3 is 0 Å². The maximum atomic E-state index is 5.27. The van der Waals surface area contributed by atoms with Crippen LogP contribution in [0.5, 0.6) is 5.75 Å². The molecule has 3 aliphatic rings. The van der Waals surface area contributed by atoms with E-state index in [1.54, 1.807) is 7.11 Å². The number of fused-ring (bicyclic) bond motifs is 3. The lowest BCUT2D eigenvalue weighted by molar-refractivity contribution is 0.305. The van der Waals surface area contributed by atoms with E-state index in [0.717, 1.165) is 5.75 Å². The van der Waals surface area contributed by atoms with Gasteiger partial charge in [-0.2, -0.15) is 0 Å². The summed E-state index contributed by atoms with van der Waals surface area (Å²) in [5.74, 6) is 0.911. The molecule has 0 radical (unpaired) electrons. The number of hydrogen-bond acceptors (Lipinski definition) is 4. The molecule has 3 nitrogen and oxygen atoms in total. The number of thioether (sulfide) groups is 1. The van der Waals surface area contributed by atoms with Gasteiger partial charge in [0, 0.05) is 4.91 Å². The monoisotopic (exact) mass is 300 g/mol. The second kappa shape index (κ2) is 5.09. The Hall–Kier alpha value is -1.42. The molecule has 0 amide bonds. The van der Waals surface area contributed by atoms with E-state index in [9.17, 15) is 0 Å². The number of ether oxygens (including phenoxy) is 1. The first-order chi connectivity index (χ1) is 10.3. The Balaban J connectivity index is 1.70. The van der Waals surface area contributed by atoms with Crippen molar-refractivity contribution >= 4 is 22.6 Å². The molecule has 1 aromatic carbocycles. The van der Waals surface area contributed by atoms with Gasteiger partial charge in [-0.3, -0.25) is 4.99 Å². The van der Waals surface area contributed by atoms with Gasteiger partial charge in [0.2, 0.25) is 0 Å². The van der Waals surface area contributed by atoms with Crippen LogP contribution in [-0.4, -0.2) is 29.3 Å². The van der Waals surface area contributed by atoms with Crippen LogP contribution in [0.4, 0.5) is 0 Å². The summed E-state index contributed by atoms with van der Waals surface area (Å²) < 4.78 is 5.27. The number of rotatable bonds is 2. The highest BCUT2D eigenvalue weighted by molar-refractivity contribution is 8.17. The maximum Gasteiger partial charge on any atom is 0.169 e. The molecule has 21 heavy (non-hydrogen) atoms. The van der Waals surface area contributed by atoms with Crippen molar-refractivity contribution in [2.45, 2.75) is 44.7 Å². The standard InChI is InChI=1S/C17H20N2OS/c1-11-16(12-7-9-13(20-2)10-8-12)19-15-6-4-3-5-14(15)18-17(19)21-11/h7-10,14-15H,3-6H2,1-2H3/t14-,15+/m0/s1. The summed E-state index contributed by atoms with van der Waals surface area (Å²) in [5, 5.41) is 1.22. The van der Waals surface area contributed by atoms with Crippen molar-refractivity contribution in [2.24, 2.45) is 4.99 Å². The number of amidine groups is 1. The third kappa shape index (κ3) is 2.08. The molecule has 0 N–H and O–H groups in total. The number of methoxy groups -OCH3 is 1. The van der Waals surface area contributed by atoms with Crippen molar-refractivity contribution in [1.82, 2.24) is 4.90 Å². The Labute approximate surface area is 130 Å². The highest BCUT2D eigenvalue weighted by Gasteiger charge is 2.43. The summed E-state index contributed by atoms with van der Waals surface area (Å²) in [6, 6.07) is 9.51. The van der Waals surface area contributed by atoms with Gasteiger partial charge in [-0.1, -0.05) is 24.6 Å². The minimum atomic E-state index is 0.516. The summed E-state index contributed by atoms with van der Waals surface area (Å²) in [7, 11) is 1.71. The van der Waals surface area contributed by atoms with Crippen molar-refractivity contribution in [3.05, 3.63) is 34.7 Å². The van der Waals surface area contributed by atoms with Crippen LogP contribution in [0.25, 0.3) is 5.70 Å². The van der Waals surface area contributed by atoms with E-state index in [0.29, 0.717) is 12.1 Å². The molecule has 2 heterocycles. The van der Waals surface area contributed by atoms with Crippen LogP contribution in [0.2, 0.25) is 0 Å². The van der Waals surface area contributed by atoms with Crippen LogP contribution in [0.15, 0.2) is 34.2 Å². The lowest BCUT2D eigenvalue weighted by Crippen LogP contribution is -2.38. The first kappa shape index (κ1) is 13.3. The Morgan fingerprint density at radius 3 is 2.71 bits per heavy atom. The zero-order valence-electron chi connectivity index (χ0n) is 12.5. The number of benzene rings is 1. The van der Waals surface area contributed by atoms with E-state index in [2.05, 4.69) is 24.0 Å². The molecule has 110 valence electrons. The first-order valence-electron chi connectivity index (χ1n) is 7.68. The highest BCUT2D eigenvalue weighted by Crippen LogP contribution is 2.47. The van der Waals surface area contributed by atoms with Crippen LogP contribution >= 0.6 is 11.8 Å². The predicted octanol–water partition coefficient (Wildman–Crippen LogP) is 4.11. The average Bonchev–Trinajstić information content (AvgIpc) is 3.02. The van der Waals surface area contributed by atoms with Gasteiger partial charge in [0.25, 0.3) is 0 Å². The molecule has 0 saturated heterocycles. The molecule has 4 rings (SSSR count). The van der Waals surface area contributed by atoms with Crippen molar-refractivity contribution < 1.29 is 4.74 Å². The number of aliphatic imine (C=N–C) groups is 1. The third-order valence-corrected chi connectivity index (χ3v) is 5.67. The van der Waals surface area contributed by atoms with E-state index in [1.807, 2.05) is 23.9 Å². The zero-order chi connectivity index (χ0) is 14.4. The summed E-state index contributed by atoms with van der Waals surface area (Å²) in [4.78, 5) is 8.84. The lowest BCUT2D eigenvalue weighted by Gasteiger charge is -2.32. The Morgan fingerprint density at radius 1 is 1.19 bits per heavy atom. The van der Waals surface area contributed by atoms with E-state index < -0.39 is 0 Å². The summed E-state index contributed by atoms with van der Waals surface area (Å²) >= 11 is 1.84. The largest absolute Gasteiger partial charge is 0.497 e. The van der Waals surface area contributed by atoms with Gasteiger partial charge in [-0.05, 0) is 49.6 Å². The van der Waals surface area contributed by atoms with Gasteiger partial charge in [-0.15, -0.1) is 0 Å². The van der Waals surface area contributed by atoms with Gasteiger partial charge in [0.1, 0.15) is 5.75 Å². The van der Waals surface area contributed by atoms with Gasteiger partial charge in [0.15, 0.2) is 5.17 Å². The van der Waals surface area contributed by atoms with Crippen molar-refractivity contribution in [2.75, 3.05) is 7.11 Å². The van der Waals surface area contributed by atoms with Gasteiger partial charge < -0.3 is 9.64 Å². The molecule has 1 aliphatic carbocycles. The quantitative estimate of drug-likeness (QED) is 0.821. The molecule has 0 spiro atoms. The molecule has 2 atom stereocenters. The Bertz CT molecular complexity index is 620. The first-order valence-corrected chi connectivity index (χ1v) is 8.50. The highest BCUT2D eigenvalue weighted by atomic mass is 32.2. The summed E-state index contributed by atoms with van der Waals surface area (Å²) in [5.41, 5.74) is 2.63. The molecule has 2 aliphatic heterocycles. The average molecular weight is 300 g/mol. The molecule has 1 aromatic rings. The maximum absolute atomic E-state index is 5.27. The van der Waals surface area contributed by atoms with Gasteiger partial charge in [0.05, 0.1) is 24.9 Å². The van der Waals surface area contributed by atoms with Gasteiger partial charge in [-0.25, -0.2) is 0 Å². The summed E-state index contributed by atoms with van der Waals surface area (Å²) in [6.07, 6.45) is 5.18. The minimum absolute atomic E-state index is 0.516. The number of hydrogen-bond donors (Lipinski definition) is 0. The third-order valence-electron chi connectivity index (χ3n) is 4.69. The Kier molecular flexibility index (Phi) is 3.21. The van der Waals surface area contributed by atoms with Crippen molar-refractivity contribution in [3.63, 3.8) is 0 Å². The topological polar surface area (TPSA) is 24.8 Å². The number of allylic oxidation sites excluding steroid dienone is 1. The van der Waals surface area contributed by atoms with E-state index in [1.165, 1.54) is 47.0 Å². The molecule has 0 aromatic heterocycles. The van der Waals surface area contributed by atoms with E-state index >= 15 is 0 Å². The van der Waals surface area contributed by atoms with Crippen LogP contribution in [0, 0.1) is 0 Å². The second-order valence-corrected chi connectivity index (χ2v) is 7.12.